The molecule has 2 aliphatic heterocycles. The first-order valence-electron chi connectivity index (χ1n) is 8.67. The van der Waals surface area contributed by atoms with E-state index >= 15 is 0 Å². The Labute approximate surface area is 141 Å². The minimum atomic E-state index is 0.711. The summed E-state index contributed by atoms with van der Waals surface area (Å²) >= 11 is 6.01. The molecule has 5 heteroatoms. The third-order valence-electron chi connectivity index (χ3n) is 5.95. The highest BCUT2D eigenvalue weighted by atomic mass is 35.5. The van der Waals surface area contributed by atoms with Gasteiger partial charge in [0.05, 0.1) is 17.2 Å². The SMILES string of the molecule is Clc1ccc2nc(N3CC(N4CC5CCCC5C4)C3)cnc2c1. The van der Waals surface area contributed by atoms with Gasteiger partial charge in [0.15, 0.2) is 0 Å². The van der Waals surface area contributed by atoms with E-state index in [1.54, 1.807) is 0 Å². The van der Waals surface area contributed by atoms with Crippen LogP contribution in [0, 0.1) is 11.8 Å². The van der Waals surface area contributed by atoms with Gasteiger partial charge in [-0.25, -0.2) is 4.98 Å². The van der Waals surface area contributed by atoms with Crippen LogP contribution in [0.4, 0.5) is 5.82 Å². The fourth-order valence-corrected chi connectivity index (χ4v) is 4.74. The Morgan fingerprint density at radius 3 is 2.57 bits per heavy atom. The summed E-state index contributed by atoms with van der Waals surface area (Å²) in [5, 5.41) is 0.711. The van der Waals surface area contributed by atoms with Crippen molar-refractivity contribution < 1.29 is 0 Å². The number of hydrogen-bond acceptors (Lipinski definition) is 4. The fourth-order valence-electron chi connectivity index (χ4n) is 4.57. The zero-order valence-corrected chi connectivity index (χ0v) is 13.9. The minimum absolute atomic E-state index is 0.711. The molecular formula is C18H21ClN4. The van der Waals surface area contributed by atoms with Crippen LogP contribution in [0.25, 0.3) is 11.0 Å². The van der Waals surface area contributed by atoms with E-state index < -0.39 is 0 Å². The molecule has 2 aromatic rings. The average Bonchev–Trinajstić information content (AvgIpc) is 3.07. The largest absolute Gasteiger partial charge is 0.352 e. The first-order chi connectivity index (χ1) is 11.3. The van der Waals surface area contributed by atoms with Crippen molar-refractivity contribution in [2.24, 2.45) is 11.8 Å². The van der Waals surface area contributed by atoms with E-state index in [0.717, 1.165) is 41.8 Å². The number of likely N-dealkylation sites (tertiary alicyclic amines) is 1. The monoisotopic (exact) mass is 328 g/mol. The van der Waals surface area contributed by atoms with Crippen molar-refractivity contribution in [3.63, 3.8) is 0 Å². The molecule has 5 rings (SSSR count). The van der Waals surface area contributed by atoms with E-state index in [0.29, 0.717) is 11.1 Å². The van der Waals surface area contributed by atoms with Gasteiger partial charge in [0.25, 0.3) is 0 Å². The standard InChI is InChI=1S/C18H21ClN4/c19-14-4-5-16-17(6-14)20-7-18(21-16)23-10-15(11-23)22-8-12-2-1-3-13(12)9-22/h4-7,12-13,15H,1-3,8-11H2. The molecule has 0 radical (unpaired) electrons. The second-order valence-electron chi connectivity index (χ2n) is 7.33. The van der Waals surface area contributed by atoms with E-state index in [4.69, 9.17) is 16.6 Å². The van der Waals surface area contributed by atoms with Gasteiger partial charge in [0.2, 0.25) is 0 Å². The van der Waals surface area contributed by atoms with Crippen LogP contribution in [0.1, 0.15) is 19.3 Å². The average molecular weight is 329 g/mol. The number of halogens is 1. The number of aromatic nitrogens is 2. The highest BCUT2D eigenvalue weighted by Gasteiger charge is 2.42. The van der Waals surface area contributed by atoms with Crippen LogP contribution in [-0.2, 0) is 0 Å². The van der Waals surface area contributed by atoms with Gasteiger partial charge >= 0.3 is 0 Å². The fraction of sp³-hybridized carbons (Fsp3) is 0.556. The zero-order valence-electron chi connectivity index (χ0n) is 13.2. The molecule has 2 saturated heterocycles. The number of fused-ring (bicyclic) bond motifs is 2. The summed E-state index contributed by atoms with van der Waals surface area (Å²) < 4.78 is 0. The zero-order chi connectivity index (χ0) is 15.4. The number of nitrogens with zero attached hydrogens (tertiary/aromatic N) is 4. The summed E-state index contributed by atoms with van der Waals surface area (Å²) in [4.78, 5) is 14.3. The quantitative estimate of drug-likeness (QED) is 0.847. The van der Waals surface area contributed by atoms with Gasteiger partial charge in [-0.15, -0.1) is 0 Å². The molecule has 3 aliphatic rings. The molecule has 0 bridgehead atoms. The van der Waals surface area contributed by atoms with Crippen LogP contribution < -0.4 is 4.90 Å². The second-order valence-corrected chi connectivity index (χ2v) is 7.76. The Hall–Kier alpha value is -1.39. The van der Waals surface area contributed by atoms with Crippen molar-refractivity contribution in [3.8, 4) is 0 Å². The lowest BCUT2D eigenvalue weighted by Crippen LogP contribution is -2.59. The van der Waals surface area contributed by atoms with Crippen molar-refractivity contribution in [2.45, 2.75) is 25.3 Å². The number of hydrogen-bond donors (Lipinski definition) is 0. The number of rotatable bonds is 2. The van der Waals surface area contributed by atoms with Crippen LogP contribution in [0.2, 0.25) is 5.02 Å². The van der Waals surface area contributed by atoms with E-state index in [-0.39, 0.29) is 0 Å². The summed E-state index contributed by atoms with van der Waals surface area (Å²) in [6.45, 7) is 4.83. The summed E-state index contributed by atoms with van der Waals surface area (Å²) in [6.07, 6.45) is 6.25. The predicted molar refractivity (Wildman–Crippen MR) is 93.0 cm³/mol. The molecule has 3 heterocycles. The lowest BCUT2D eigenvalue weighted by Gasteiger charge is -2.45. The molecule has 120 valence electrons. The van der Waals surface area contributed by atoms with E-state index in [1.807, 2.05) is 24.4 Å². The minimum Gasteiger partial charge on any atom is -0.352 e. The normalized spacial score (nSPS) is 28.3. The van der Waals surface area contributed by atoms with Crippen molar-refractivity contribution in [1.82, 2.24) is 14.9 Å². The second kappa shape index (κ2) is 5.32. The van der Waals surface area contributed by atoms with Crippen LogP contribution >= 0.6 is 11.6 Å². The summed E-state index contributed by atoms with van der Waals surface area (Å²) in [5.74, 6) is 2.96. The van der Waals surface area contributed by atoms with Crippen molar-refractivity contribution in [2.75, 3.05) is 31.1 Å². The molecule has 0 N–H and O–H groups in total. The first kappa shape index (κ1) is 14.0. The maximum atomic E-state index is 6.01. The third kappa shape index (κ3) is 2.39. The predicted octanol–water partition coefficient (Wildman–Crippen LogP) is 3.20. The molecule has 1 aromatic carbocycles. The van der Waals surface area contributed by atoms with Gasteiger partial charge < -0.3 is 4.90 Å². The molecule has 23 heavy (non-hydrogen) atoms. The number of anilines is 1. The number of benzene rings is 1. The third-order valence-corrected chi connectivity index (χ3v) is 6.18. The maximum absolute atomic E-state index is 6.01. The molecule has 1 aliphatic carbocycles. The van der Waals surface area contributed by atoms with Crippen LogP contribution in [-0.4, -0.2) is 47.1 Å². The highest BCUT2D eigenvalue weighted by Crippen LogP contribution is 2.39. The lowest BCUT2D eigenvalue weighted by atomic mass is 10.0. The molecule has 2 atom stereocenters. The van der Waals surface area contributed by atoms with Gasteiger partial charge in [0, 0.05) is 37.2 Å². The van der Waals surface area contributed by atoms with Gasteiger partial charge in [-0.1, -0.05) is 18.0 Å². The van der Waals surface area contributed by atoms with Crippen molar-refractivity contribution >= 4 is 28.5 Å². The van der Waals surface area contributed by atoms with Gasteiger partial charge in [-0.2, -0.15) is 0 Å². The molecule has 1 saturated carbocycles. The van der Waals surface area contributed by atoms with E-state index in [1.165, 1.54) is 32.4 Å². The van der Waals surface area contributed by atoms with E-state index in [2.05, 4.69) is 14.8 Å². The van der Waals surface area contributed by atoms with Crippen LogP contribution in [0.3, 0.4) is 0 Å². The van der Waals surface area contributed by atoms with Gasteiger partial charge in [0.1, 0.15) is 5.82 Å². The van der Waals surface area contributed by atoms with Gasteiger partial charge in [-0.3, -0.25) is 9.88 Å². The molecule has 2 unspecified atom stereocenters. The Bertz CT molecular complexity index is 731. The Morgan fingerprint density at radius 2 is 1.78 bits per heavy atom. The van der Waals surface area contributed by atoms with Crippen molar-refractivity contribution in [1.29, 1.82) is 0 Å². The van der Waals surface area contributed by atoms with E-state index in [9.17, 15) is 0 Å². The lowest BCUT2D eigenvalue weighted by molar-refractivity contribution is 0.190. The van der Waals surface area contributed by atoms with Crippen LogP contribution in [0.5, 0.6) is 0 Å². The molecule has 3 fully saturated rings. The summed E-state index contributed by atoms with van der Waals surface area (Å²) in [6, 6.07) is 6.41. The molecule has 0 amide bonds. The first-order valence-corrected chi connectivity index (χ1v) is 9.05. The Balaban J connectivity index is 1.27. The topological polar surface area (TPSA) is 32.3 Å². The summed E-state index contributed by atoms with van der Waals surface area (Å²) in [7, 11) is 0. The maximum Gasteiger partial charge on any atom is 0.147 e. The summed E-state index contributed by atoms with van der Waals surface area (Å²) in [5.41, 5.74) is 1.79. The highest BCUT2D eigenvalue weighted by molar-refractivity contribution is 6.31. The van der Waals surface area contributed by atoms with Crippen molar-refractivity contribution in [3.05, 3.63) is 29.4 Å². The Morgan fingerprint density at radius 1 is 1.00 bits per heavy atom. The molecule has 4 nitrogen and oxygen atoms in total. The smallest absolute Gasteiger partial charge is 0.147 e. The Kier molecular flexibility index (Phi) is 3.24. The molecule has 0 spiro atoms. The molecular weight excluding hydrogens is 308 g/mol. The van der Waals surface area contributed by atoms with Gasteiger partial charge in [-0.05, 0) is 42.9 Å². The van der Waals surface area contributed by atoms with Crippen LogP contribution in [0.15, 0.2) is 24.4 Å². The molecule has 1 aromatic heterocycles.